The van der Waals surface area contributed by atoms with Gasteiger partial charge in [-0.05, 0) is 30.0 Å². The Morgan fingerprint density at radius 1 is 1.12 bits per heavy atom. The molecule has 0 saturated carbocycles. The normalized spacial score (nSPS) is 12.9. The SMILES string of the molecule is CCC(C)c1ccc2[nH]c(=O)c(=O)[nH]c2c1. The Hall–Kier alpha value is -1.84. The van der Waals surface area contributed by atoms with Gasteiger partial charge in [0.1, 0.15) is 0 Å². The summed E-state index contributed by atoms with van der Waals surface area (Å²) in [5.74, 6) is 0.444. The summed E-state index contributed by atoms with van der Waals surface area (Å²) < 4.78 is 0. The molecule has 1 unspecified atom stereocenters. The molecule has 1 aromatic carbocycles. The van der Waals surface area contributed by atoms with E-state index >= 15 is 0 Å². The van der Waals surface area contributed by atoms with E-state index in [9.17, 15) is 9.59 Å². The maximum Gasteiger partial charge on any atom is 0.314 e. The molecule has 1 aromatic heterocycles. The second-order valence-corrected chi connectivity index (χ2v) is 4.02. The van der Waals surface area contributed by atoms with Crippen LogP contribution in [0.2, 0.25) is 0 Å². The van der Waals surface area contributed by atoms with Gasteiger partial charge in [-0.15, -0.1) is 0 Å². The van der Waals surface area contributed by atoms with Crippen molar-refractivity contribution in [1.82, 2.24) is 9.97 Å². The summed E-state index contributed by atoms with van der Waals surface area (Å²) >= 11 is 0. The third-order valence-electron chi connectivity index (χ3n) is 2.93. The van der Waals surface area contributed by atoms with Gasteiger partial charge >= 0.3 is 11.1 Å². The lowest BCUT2D eigenvalue weighted by Crippen LogP contribution is -2.28. The molecule has 0 aliphatic heterocycles. The zero-order chi connectivity index (χ0) is 11.7. The van der Waals surface area contributed by atoms with E-state index in [2.05, 4.69) is 23.8 Å². The van der Waals surface area contributed by atoms with Crippen LogP contribution >= 0.6 is 0 Å². The van der Waals surface area contributed by atoms with Crippen LogP contribution in [0.1, 0.15) is 31.7 Å². The Labute approximate surface area is 92.3 Å². The van der Waals surface area contributed by atoms with Crippen molar-refractivity contribution in [2.24, 2.45) is 0 Å². The van der Waals surface area contributed by atoms with Crippen LogP contribution in [0.3, 0.4) is 0 Å². The van der Waals surface area contributed by atoms with E-state index in [4.69, 9.17) is 0 Å². The van der Waals surface area contributed by atoms with Crippen molar-refractivity contribution >= 4 is 11.0 Å². The Morgan fingerprint density at radius 3 is 2.38 bits per heavy atom. The number of rotatable bonds is 2. The van der Waals surface area contributed by atoms with Crippen LogP contribution in [0.25, 0.3) is 11.0 Å². The summed E-state index contributed by atoms with van der Waals surface area (Å²) in [5.41, 5.74) is 1.30. The molecule has 0 fully saturated rings. The molecule has 4 nitrogen and oxygen atoms in total. The van der Waals surface area contributed by atoms with Gasteiger partial charge in [-0.2, -0.15) is 0 Å². The van der Waals surface area contributed by atoms with Crippen molar-refractivity contribution in [3.63, 3.8) is 0 Å². The Morgan fingerprint density at radius 2 is 1.75 bits per heavy atom. The lowest BCUT2D eigenvalue weighted by Gasteiger charge is -2.09. The number of aromatic amines is 2. The molecule has 2 rings (SSSR count). The van der Waals surface area contributed by atoms with Crippen LogP contribution in [0.15, 0.2) is 27.8 Å². The smallest absolute Gasteiger partial charge is 0.314 e. The van der Waals surface area contributed by atoms with Gasteiger partial charge in [0.2, 0.25) is 0 Å². The number of benzene rings is 1. The lowest BCUT2D eigenvalue weighted by molar-refractivity contribution is 0.734. The number of hydrogen-bond acceptors (Lipinski definition) is 2. The number of nitrogens with one attached hydrogen (secondary N) is 2. The summed E-state index contributed by atoms with van der Waals surface area (Å²) in [6.45, 7) is 4.25. The minimum Gasteiger partial charge on any atom is -0.316 e. The van der Waals surface area contributed by atoms with E-state index < -0.39 is 11.1 Å². The first-order valence-corrected chi connectivity index (χ1v) is 5.38. The molecule has 84 valence electrons. The first kappa shape index (κ1) is 10.7. The molecule has 4 heteroatoms. The van der Waals surface area contributed by atoms with Crippen molar-refractivity contribution in [3.8, 4) is 0 Å². The average Bonchev–Trinajstić information content (AvgIpc) is 2.29. The summed E-state index contributed by atoms with van der Waals surface area (Å²) in [6, 6.07) is 5.72. The van der Waals surface area contributed by atoms with Gasteiger partial charge in [0.25, 0.3) is 0 Å². The predicted molar refractivity (Wildman–Crippen MR) is 63.9 cm³/mol. The van der Waals surface area contributed by atoms with Crippen LogP contribution in [-0.4, -0.2) is 9.97 Å². The summed E-state index contributed by atoms with van der Waals surface area (Å²) in [5, 5.41) is 0. The molecule has 0 spiro atoms. The monoisotopic (exact) mass is 218 g/mol. The maximum absolute atomic E-state index is 11.2. The van der Waals surface area contributed by atoms with Gasteiger partial charge < -0.3 is 9.97 Å². The Bertz CT molecular complexity index is 625. The van der Waals surface area contributed by atoms with Gasteiger partial charge in [0.15, 0.2) is 0 Å². The second kappa shape index (κ2) is 3.96. The molecule has 1 atom stereocenters. The largest absolute Gasteiger partial charge is 0.316 e. The van der Waals surface area contributed by atoms with Gasteiger partial charge in [-0.25, -0.2) is 0 Å². The fourth-order valence-corrected chi connectivity index (χ4v) is 1.67. The van der Waals surface area contributed by atoms with Gasteiger partial charge in [-0.1, -0.05) is 19.9 Å². The van der Waals surface area contributed by atoms with E-state index in [1.54, 1.807) is 0 Å². The Balaban J connectivity index is 2.67. The van der Waals surface area contributed by atoms with E-state index in [1.165, 1.54) is 0 Å². The average molecular weight is 218 g/mol. The van der Waals surface area contributed by atoms with Crippen LogP contribution in [0.5, 0.6) is 0 Å². The molecular formula is C12H14N2O2. The number of H-pyrrole nitrogens is 2. The predicted octanol–water partition coefficient (Wildman–Crippen LogP) is 1.73. The van der Waals surface area contributed by atoms with E-state index in [0.29, 0.717) is 17.0 Å². The van der Waals surface area contributed by atoms with Gasteiger partial charge in [0, 0.05) is 0 Å². The molecule has 16 heavy (non-hydrogen) atoms. The third kappa shape index (κ3) is 1.78. The molecule has 0 aliphatic carbocycles. The molecular weight excluding hydrogens is 204 g/mol. The van der Waals surface area contributed by atoms with Crippen molar-refractivity contribution in [1.29, 1.82) is 0 Å². The van der Waals surface area contributed by atoms with Crippen LogP contribution in [-0.2, 0) is 0 Å². The van der Waals surface area contributed by atoms with Crippen LogP contribution in [0.4, 0.5) is 0 Å². The van der Waals surface area contributed by atoms with Crippen molar-refractivity contribution in [2.75, 3.05) is 0 Å². The topological polar surface area (TPSA) is 65.7 Å². The van der Waals surface area contributed by atoms with Crippen LogP contribution in [0, 0.1) is 0 Å². The third-order valence-corrected chi connectivity index (χ3v) is 2.93. The molecule has 0 amide bonds. The summed E-state index contributed by atoms with van der Waals surface area (Å²) in [4.78, 5) is 27.4. The highest BCUT2D eigenvalue weighted by atomic mass is 16.2. The zero-order valence-electron chi connectivity index (χ0n) is 9.33. The minimum atomic E-state index is -0.608. The first-order valence-electron chi connectivity index (χ1n) is 5.38. The zero-order valence-corrected chi connectivity index (χ0v) is 9.33. The highest BCUT2D eigenvalue weighted by Gasteiger charge is 2.05. The number of fused-ring (bicyclic) bond motifs is 1. The Kier molecular flexibility index (Phi) is 2.64. The van der Waals surface area contributed by atoms with Crippen molar-refractivity contribution < 1.29 is 0 Å². The second-order valence-electron chi connectivity index (χ2n) is 4.02. The van der Waals surface area contributed by atoms with E-state index in [0.717, 1.165) is 12.0 Å². The fourth-order valence-electron chi connectivity index (χ4n) is 1.67. The standard InChI is InChI=1S/C12H14N2O2/c1-3-7(2)8-4-5-9-10(6-8)14-12(16)11(15)13-9/h4-7H,3H2,1-2H3,(H,13,15)(H,14,16). The molecule has 0 saturated heterocycles. The highest BCUT2D eigenvalue weighted by Crippen LogP contribution is 2.20. The lowest BCUT2D eigenvalue weighted by atomic mass is 9.98. The molecule has 2 N–H and O–H groups in total. The van der Waals surface area contributed by atoms with Gasteiger partial charge in [-0.3, -0.25) is 9.59 Å². The quantitative estimate of drug-likeness (QED) is 0.754. The number of hydrogen-bond donors (Lipinski definition) is 2. The first-order chi connectivity index (χ1) is 7.61. The molecule has 0 bridgehead atoms. The fraction of sp³-hybridized carbons (Fsp3) is 0.333. The molecule has 0 aliphatic rings. The highest BCUT2D eigenvalue weighted by molar-refractivity contribution is 5.74. The van der Waals surface area contributed by atoms with Crippen molar-refractivity contribution in [3.05, 3.63) is 44.5 Å². The summed E-state index contributed by atoms with van der Waals surface area (Å²) in [6.07, 6.45) is 1.04. The van der Waals surface area contributed by atoms with Crippen molar-refractivity contribution in [2.45, 2.75) is 26.2 Å². The number of aromatic nitrogens is 2. The maximum atomic E-state index is 11.2. The molecule has 1 heterocycles. The van der Waals surface area contributed by atoms with E-state index in [1.807, 2.05) is 18.2 Å². The minimum absolute atomic E-state index is 0.444. The van der Waals surface area contributed by atoms with E-state index in [-0.39, 0.29) is 0 Å². The summed E-state index contributed by atoms with van der Waals surface area (Å²) in [7, 11) is 0. The van der Waals surface area contributed by atoms with Crippen LogP contribution < -0.4 is 11.1 Å². The molecule has 2 aromatic rings. The molecule has 0 radical (unpaired) electrons. The van der Waals surface area contributed by atoms with Gasteiger partial charge in [0.05, 0.1) is 11.0 Å².